The molecular formula is C17H19BrN2O3S. The van der Waals surface area contributed by atoms with Crippen molar-refractivity contribution in [1.29, 1.82) is 0 Å². The summed E-state index contributed by atoms with van der Waals surface area (Å²) >= 11 is 3.34. The van der Waals surface area contributed by atoms with E-state index in [1.54, 1.807) is 30.3 Å². The van der Waals surface area contributed by atoms with Crippen molar-refractivity contribution in [1.82, 2.24) is 4.72 Å². The van der Waals surface area contributed by atoms with Crippen LogP contribution in [0.4, 0.5) is 5.69 Å². The number of sulfonamides is 1. The van der Waals surface area contributed by atoms with Gasteiger partial charge in [0.15, 0.2) is 0 Å². The van der Waals surface area contributed by atoms with Crippen molar-refractivity contribution in [3.63, 3.8) is 0 Å². The number of hydrogen-bond acceptors (Lipinski definition) is 3. The molecule has 0 aliphatic carbocycles. The van der Waals surface area contributed by atoms with Gasteiger partial charge in [0, 0.05) is 22.3 Å². The van der Waals surface area contributed by atoms with Gasteiger partial charge in [0.2, 0.25) is 10.0 Å². The Morgan fingerprint density at radius 1 is 1.12 bits per heavy atom. The van der Waals surface area contributed by atoms with Crippen molar-refractivity contribution in [3.05, 3.63) is 58.6 Å². The van der Waals surface area contributed by atoms with Gasteiger partial charge in [-0.2, -0.15) is 0 Å². The second-order valence-corrected chi connectivity index (χ2v) is 7.93. The topological polar surface area (TPSA) is 75.3 Å². The minimum atomic E-state index is -3.61. The zero-order valence-electron chi connectivity index (χ0n) is 13.3. The summed E-state index contributed by atoms with van der Waals surface area (Å²) in [6, 6.07) is 13.2. The first-order valence-electron chi connectivity index (χ1n) is 7.59. The van der Waals surface area contributed by atoms with Gasteiger partial charge in [0.25, 0.3) is 5.91 Å². The fourth-order valence-corrected chi connectivity index (χ4v) is 3.56. The lowest BCUT2D eigenvalue weighted by Crippen LogP contribution is -2.25. The van der Waals surface area contributed by atoms with E-state index >= 15 is 0 Å². The zero-order chi connectivity index (χ0) is 17.6. The maximum Gasteiger partial charge on any atom is 0.255 e. The van der Waals surface area contributed by atoms with Crippen LogP contribution < -0.4 is 10.0 Å². The summed E-state index contributed by atoms with van der Waals surface area (Å²) in [5.74, 6) is -0.362. The maximum atomic E-state index is 12.3. The molecule has 0 fully saturated rings. The van der Waals surface area contributed by atoms with Crippen molar-refractivity contribution in [2.75, 3.05) is 11.9 Å². The van der Waals surface area contributed by atoms with Crippen LogP contribution in [0.1, 0.15) is 30.1 Å². The Morgan fingerprint density at radius 3 is 2.58 bits per heavy atom. The fourth-order valence-electron chi connectivity index (χ4n) is 2.04. The number of carbonyl (C=O) groups is 1. The van der Waals surface area contributed by atoms with E-state index in [0.29, 0.717) is 12.2 Å². The second kappa shape index (κ2) is 8.41. The Balaban J connectivity index is 2.16. The summed E-state index contributed by atoms with van der Waals surface area (Å²) in [7, 11) is -3.61. The van der Waals surface area contributed by atoms with Gasteiger partial charge in [-0.15, -0.1) is 0 Å². The largest absolute Gasteiger partial charge is 0.322 e. The molecule has 2 N–H and O–H groups in total. The van der Waals surface area contributed by atoms with Crippen molar-refractivity contribution < 1.29 is 13.2 Å². The molecule has 24 heavy (non-hydrogen) atoms. The molecule has 0 bridgehead atoms. The minimum absolute atomic E-state index is 0.0838. The highest BCUT2D eigenvalue weighted by atomic mass is 79.9. The highest BCUT2D eigenvalue weighted by Gasteiger charge is 2.15. The van der Waals surface area contributed by atoms with E-state index in [2.05, 4.69) is 26.0 Å². The molecule has 2 rings (SSSR count). The molecule has 128 valence electrons. The molecule has 0 heterocycles. The van der Waals surface area contributed by atoms with Gasteiger partial charge in [-0.25, -0.2) is 13.1 Å². The van der Waals surface area contributed by atoms with Crippen molar-refractivity contribution in [3.8, 4) is 0 Å². The third-order valence-electron chi connectivity index (χ3n) is 3.31. The molecule has 0 unspecified atom stereocenters. The van der Waals surface area contributed by atoms with Crippen LogP contribution in [0.15, 0.2) is 57.9 Å². The lowest BCUT2D eigenvalue weighted by molar-refractivity contribution is 0.102. The summed E-state index contributed by atoms with van der Waals surface area (Å²) in [4.78, 5) is 12.4. The summed E-state index contributed by atoms with van der Waals surface area (Å²) in [5.41, 5.74) is 0.914. The highest BCUT2D eigenvalue weighted by Crippen LogP contribution is 2.17. The number of benzene rings is 2. The molecule has 7 heteroatoms. The predicted molar refractivity (Wildman–Crippen MR) is 98.6 cm³/mol. The smallest absolute Gasteiger partial charge is 0.255 e. The summed E-state index contributed by atoms with van der Waals surface area (Å²) in [6.07, 6.45) is 1.67. The molecule has 2 aromatic rings. The standard InChI is InChI=1S/C17H19BrN2O3S/c1-2-3-10-19-24(22,23)16-9-4-6-13(11-16)17(21)20-15-8-5-7-14(18)12-15/h4-9,11-12,19H,2-3,10H2,1H3,(H,20,21). The molecule has 0 aliphatic heterocycles. The molecular weight excluding hydrogens is 392 g/mol. The number of unbranched alkanes of at least 4 members (excludes halogenated alkanes) is 1. The van der Waals surface area contributed by atoms with E-state index in [1.165, 1.54) is 12.1 Å². The van der Waals surface area contributed by atoms with E-state index in [9.17, 15) is 13.2 Å². The molecule has 0 atom stereocenters. The lowest BCUT2D eigenvalue weighted by atomic mass is 10.2. The third-order valence-corrected chi connectivity index (χ3v) is 5.26. The molecule has 0 spiro atoms. The Hall–Kier alpha value is -1.70. The SMILES string of the molecule is CCCCNS(=O)(=O)c1cccc(C(=O)Nc2cccc(Br)c2)c1. The van der Waals surface area contributed by atoms with Gasteiger partial charge in [-0.3, -0.25) is 4.79 Å². The van der Waals surface area contributed by atoms with Gasteiger partial charge >= 0.3 is 0 Å². The molecule has 0 aromatic heterocycles. The average Bonchev–Trinajstić information content (AvgIpc) is 2.55. The van der Waals surface area contributed by atoms with Crippen LogP contribution in [0.2, 0.25) is 0 Å². The average molecular weight is 411 g/mol. The summed E-state index contributed by atoms with van der Waals surface area (Å²) in [5, 5.41) is 2.75. The molecule has 2 aromatic carbocycles. The molecule has 5 nitrogen and oxygen atoms in total. The van der Waals surface area contributed by atoms with Crippen LogP contribution in [-0.4, -0.2) is 20.9 Å². The highest BCUT2D eigenvalue weighted by molar-refractivity contribution is 9.10. The number of nitrogens with one attached hydrogen (secondary N) is 2. The quantitative estimate of drug-likeness (QED) is 0.681. The van der Waals surface area contributed by atoms with Gasteiger partial charge in [0.05, 0.1) is 4.90 Å². The van der Waals surface area contributed by atoms with Gasteiger partial charge in [-0.1, -0.05) is 41.4 Å². The monoisotopic (exact) mass is 410 g/mol. The Bertz CT molecular complexity index is 822. The van der Waals surface area contributed by atoms with Crippen LogP contribution in [0.5, 0.6) is 0 Å². The van der Waals surface area contributed by atoms with Gasteiger partial charge in [0.1, 0.15) is 0 Å². The number of anilines is 1. The summed E-state index contributed by atoms with van der Waals surface area (Å²) < 4.78 is 27.8. The predicted octanol–water partition coefficient (Wildman–Crippen LogP) is 3.78. The fraction of sp³-hybridized carbons (Fsp3) is 0.235. The minimum Gasteiger partial charge on any atom is -0.322 e. The van der Waals surface area contributed by atoms with Gasteiger partial charge < -0.3 is 5.32 Å². The van der Waals surface area contributed by atoms with Crippen LogP contribution in [0.25, 0.3) is 0 Å². The molecule has 1 amide bonds. The van der Waals surface area contributed by atoms with Crippen LogP contribution in [0, 0.1) is 0 Å². The van der Waals surface area contributed by atoms with Crippen LogP contribution in [0.3, 0.4) is 0 Å². The van der Waals surface area contributed by atoms with E-state index in [0.717, 1.165) is 17.3 Å². The van der Waals surface area contributed by atoms with E-state index in [1.807, 2.05) is 13.0 Å². The van der Waals surface area contributed by atoms with Crippen molar-refractivity contribution in [2.45, 2.75) is 24.7 Å². The number of amides is 1. The Kier molecular flexibility index (Phi) is 6.53. The number of carbonyl (C=O) groups excluding carboxylic acids is 1. The van der Waals surface area contributed by atoms with Crippen LogP contribution >= 0.6 is 15.9 Å². The Labute approximate surface area is 150 Å². The molecule has 0 saturated carbocycles. The number of hydrogen-bond donors (Lipinski definition) is 2. The molecule has 0 radical (unpaired) electrons. The summed E-state index contributed by atoms with van der Waals surface area (Å²) in [6.45, 7) is 2.37. The van der Waals surface area contributed by atoms with E-state index in [4.69, 9.17) is 0 Å². The first-order valence-corrected chi connectivity index (χ1v) is 9.86. The van der Waals surface area contributed by atoms with E-state index in [-0.39, 0.29) is 16.4 Å². The molecule has 0 aliphatic rings. The van der Waals surface area contributed by atoms with E-state index < -0.39 is 10.0 Å². The number of halogens is 1. The third kappa shape index (κ3) is 5.15. The number of rotatable bonds is 7. The Morgan fingerprint density at radius 2 is 1.88 bits per heavy atom. The normalized spacial score (nSPS) is 11.2. The maximum absolute atomic E-state index is 12.3. The van der Waals surface area contributed by atoms with Gasteiger partial charge in [-0.05, 0) is 42.8 Å². The zero-order valence-corrected chi connectivity index (χ0v) is 15.7. The first-order chi connectivity index (χ1) is 11.4. The lowest BCUT2D eigenvalue weighted by Gasteiger charge is -2.09. The first kappa shape index (κ1) is 18.6. The van der Waals surface area contributed by atoms with Crippen LogP contribution in [-0.2, 0) is 10.0 Å². The van der Waals surface area contributed by atoms with Crippen molar-refractivity contribution >= 4 is 37.5 Å². The second-order valence-electron chi connectivity index (χ2n) is 5.24. The van der Waals surface area contributed by atoms with Crippen molar-refractivity contribution in [2.24, 2.45) is 0 Å². The molecule has 0 saturated heterocycles.